The lowest BCUT2D eigenvalue weighted by Crippen LogP contribution is -2.28. The Morgan fingerprint density at radius 1 is 0.867 bits per heavy atom. The van der Waals surface area contributed by atoms with Crippen LogP contribution in [0.4, 0.5) is 5.69 Å². The van der Waals surface area contributed by atoms with E-state index in [1.807, 2.05) is 69.3 Å². The molecular weight excluding hydrogens is 376 g/mol. The fourth-order valence-electron chi connectivity index (χ4n) is 3.24. The maximum absolute atomic E-state index is 12.8. The fourth-order valence-corrected chi connectivity index (χ4v) is 3.24. The maximum atomic E-state index is 12.8. The van der Waals surface area contributed by atoms with E-state index in [2.05, 4.69) is 10.6 Å². The summed E-state index contributed by atoms with van der Waals surface area (Å²) in [6.45, 7) is 5.66. The first-order valence-corrected chi connectivity index (χ1v) is 9.89. The summed E-state index contributed by atoms with van der Waals surface area (Å²) in [5.74, 6) is 0.127. The molecular formula is C25H26N2O3. The van der Waals surface area contributed by atoms with Crippen molar-refractivity contribution in [3.05, 3.63) is 95.1 Å². The second-order valence-corrected chi connectivity index (χ2v) is 7.21. The monoisotopic (exact) mass is 402 g/mol. The summed E-state index contributed by atoms with van der Waals surface area (Å²) in [6, 6.07) is 22.3. The summed E-state index contributed by atoms with van der Waals surface area (Å²) in [7, 11) is 0. The van der Waals surface area contributed by atoms with Crippen molar-refractivity contribution in [1.82, 2.24) is 5.32 Å². The van der Waals surface area contributed by atoms with Crippen LogP contribution in [0.25, 0.3) is 0 Å². The number of carbonyl (C=O) groups excluding carboxylic acids is 2. The molecule has 0 fully saturated rings. The zero-order valence-corrected chi connectivity index (χ0v) is 17.4. The number of aryl methyl sites for hydroxylation is 2. The van der Waals surface area contributed by atoms with E-state index in [-0.39, 0.29) is 24.5 Å². The van der Waals surface area contributed by atoms with Crippen LogP contribution in [0.3, 0.4) is 0 Å². The Bertz CT molecular complexity index is 1010. The van der Waals surface area contributed by atoms with E-state index in [0.717, 1.165) is 16.7 Å². The van der Waals surface area contributed by atoms with Gasteiger partial charge >= 0.3 is 0 Å². The minimum Gasteiger partial charge on any atom is -0.483 e. The first-order valence-electron chi connectivity index (χ1n) is 9.89. The van der Waals surface area contributed by atoms with Crippen LogP contribution in [-0.2, 0) is 4.79 Å². The lowest BCUT2D eigenvalue weighted by atomic mass is 10.1. The molecule has 0 bridgehead atoms. The van der Waals surface area contributed by atoms with Crippen LogP contribution in [0.15, 0.2) is 72.8 Å². The van der Waals surface area contributed by atoms with Gasteiger partial charge in [0.25, 0.3) is 11.8 Å². The Morgan fingerprint density at radius 3 is 2.20 bits per heavy atom. The van der Waals surface area contributed by atoms with Gasteiger partial charge in [0, 0.05) is 0 Å². The molecule has 0 spiro atoms. The standard InChI is InChI=1S/C25H26N2O3/c1-17-10-9-11-18(2)24(17)30-16-23(28)27-22-15-8-7-14-21(22)25(29)26-19(3)20-12-5-4-6-13-20/h4-15,19H,16H2,1-3H3,(H,26,29)(H,27,28). The van der Waals surface area contributed by atoms with Crippen LogP contribution >= 0.6 is 0 Å². The highest BCUT2D eigenvalue weighted by atomic mass is 16.5. The molecule has 1 unspecified atom stereocenters. The predicted octanol–water partition coefficient (Wildman–Crippen LogP) is 4.81. The molecule has 0 heterocycles. The van der Waals surface area contributed by atoms with Gasteiger partial charge in [-0.25, -0.2) is 0 Å². The van der Waals surface area contributed by atoms with Crippen LogP contribution in [0.2, 0.25) is 0 Å². The predicted molar refractivity (Wildman–Crippen MR) is 119 cm³/mol. The van der Waals surface area contributed by atoms with E-state index < -0.39 is 0 Å². The largest absolute Gasteiger partial charge is 0.483 e. The van der Waals surface area contributed by atoms with Gasteiger partial charge in [0.1, 0.15) is 5.75 Å². The Balaban J connectivity index is 1.66. The number of hydrogen-bond donors (Lipinski definition) is 2. The first-order chi connectivity index (χ1) is 14.5. The Hall–Kier alpha value is -3.60. The molecule has 3 aromatic rings. The van der Waals surface area contributed by atoms with Gasteiger partial charge in [-0.05, 0) is 49.6 Å². The van der Waals surface area contributed by atoms with Crippen molar-refractivity contribution >= 4 is 17.5 Å². The van der Waals surface area contributed by atoms with Crippen LogP contribution in [0, 0.1) is 13.8 Å². The van der Waals surface area contributed by atoms with Crippen molar-refractivity contribution in [3.63, 3.8) is 0 Å². The maximum Gasteiger partial charge on any atom is 0.262 e. The van der Waals surface area contributed by atoms with Crippen molar-refractivity contribution in [2.45, 2.75) is 26.8 Å². The van der Waals surface area contributed by atoms with Crippen molar-refractivity contribution in [2.75, 3.05) is 11.9 Å². The quantitative estimate of drug-likeness (QED) is 0.596. The summed E-state index contributed by atoms with van der Waals surface area (Å²) >= 11 is 0. The van der Waals surface area contributed by atoms with Gasteiger partial charge in [-0.1, -0.05) is 60.7 Å². The number of anilines is 1. The summed E-state index contributed by atoms with van der Waals surface area (Å²) in [4.78, 5) is 25.3. The second kappa shape index (κ2) is 9.74. The van der Waals surface area contributed by atoms with Crippen molar-refractivity contribution in [3.8, 4) is 5.75 Å². The molecule has 0 saturated heterocycles. The topological polar surface area (TPSA) is 67.4 Å². The Kier molecular flexibility index (Phi) is 6.86. The van der Waals surface area contributed by atoms with E-state index in [0.29, 0.717) is 17.0 Å². The Morgan fingerprint density at radius 2 is 1.50 bits per heavy atom. The molecule has 5 heteroatoms. The average Bonchev–Trinajstić information content (AvgIpc) is 2.74. The summed E-state index contributed by atoms with van der Waals surface area (Å²) in [6.07, 6.45) is 0. The van der Waals surface area contributed by atoms with E-state index in [4.69, 9.17) is 4.74 Å². The first kappa shape index (κ1) is 21.1. The molecule has 154 valence electrons. The third-order valence-corrected chi connectivity index (χ3v) is 4.85. The zero-order chi connectivity index (χ0) is 21.5. The Labute approximate surface area is 177 Å². The summed E-state index contributed by atoms with van der Waals surface area (Å²) < 4.78 is 5.71. The van der Waals surface area contributed by atoms with E-state index >= 15 is 0 Å². The van der Waals surface area contributed by atoms with Gasteiger partial charge in [0.15, 0.2) is 6.61 Å². The SMILES string of the molecule is Cc1cccc(C)c1OCC(=O)Nc1ccccc1C(=O)NC(C)c1ccccc1. The third-order valence-electron chi connectivity index (χ3n) is 4.85. The lowest BCUT2D eigenvalue weighted by Gasteiger charge is -2.17. The number of ether oxygens (including phenoxy) is 1. The smallest absolute Gasteiger partial charge is 0.262 e. The number of para-hydroxylation sites is 2. The molecule has 5 nitrogen and oxygen atoms in total. The van der Waals surface area contributed by atoms with Crippen LogP contribution in [0.1, 0.15) is 40.0 Å². The number of rotatable bonds is 7. The van der Waals surface area contributed by atoms with Gasteiger partial charge in [-0.2, -0.15) is 0 Å². The highest BCUT2D eigenvalue weighted by Gasteiger charge is 2.16. The van der Waals surface area contributed by atoms with Crippen LogP contribution < -0.4 is 15.4 Å². The molecule has 0 aliphatic rings. The van der Waals surface area contributed by atoms with E-state index in [1.54, 1.807) is 24.3 Å². The molecule has 3 aromatic carbocycles. The molecule has 0 radical (unpaired) electrons. The molecule has 1 atom stereocenters. The molecule has 0 saturated carbocycles. The van der Waals surface area contributed by atoms with Crippen molar-refractivity contribution in [1.29, 1.82) is 0 Å². The normalized spacial score (nSPS) is 11.4. The summed E-state index contributed by atoms with van der Waals surface area (Å²) in [5, 5.41) is 5.77. The average molecular weight is 402 g/mol. The molecule has 30 heavy (non-hydrogen) atoms. The number of carbonyl (C=O) groups is 2. The second-order valence-electron chi connectivity index (χ2n) is 7.21. The molecule has 3 rings (SSSR count). The fraction of sp³-hybridized carbons (Fsp3) is 0.200. The lowest BCUT2D eigenvalue weighted by molar-refractivity contribution is -0.118. The van der Waals surface area contributed by atoms with E-state index in [9.17, 15) is 9.59 Å². The van der Waals surface area contributed by atoms with Crippen LogP contribution in [-0.4, -0.2) is 18.4 Å². The number of nitrogens with one attached hydrogen (secondary N) is 2. The van der Waals surface area contributed by atoms with Crippen molar-refractivity contribution in [2.24, 2.45) is 0 Å². The van der Waals surface area contributed by atoms with Gasteiger partial charge < -0.3 is 15.4 Å². The number of hydrogen-bond acceptors (Lipinski definition) is 3. The molecule has 2 amide bonds. The highest BCUT2D eigenvalue weighted by Crippen LogP contribution is 2.22. The van der Waals surface area contributed by atoms with Crippen molar-refractivity contribution < 1.29 is 14.3 Å². The minimum atomic E-state index is -0.325. The highest BCUT2D eigenvalue weighted by molar-refractivity contribution is 6.04. The van der Waals surface area contributed by atoms with Gasteiger partial charge in [-0.3, -0.25) is 9.59 Å². The molecule has 0 aliphatic heterocycles. The molecule has 0 aromatic heterocycles. The zero-order valence-electron chi connectivity index (χ0n) is 17.4. The minimum absolute atomic E-state index is 0.137. The number of amides is 2. The molecule has 2 N–H and O–H groups in total. The van der Waals surface area contributed by atoms with Crippen LogP contribution in [0.5, 0.6) is 5.75 Å². The van der Waals surface area contributed by atoms with Gasteiger partial charge in [0.2, 0.25) is 0 Å². The molecule has 0 aliphatic carbocycles. The number of benzene rings is 3. The summed E-state index contributed by atoms with van der Waals surface area (Å²) in [5.41, 5.74) is 3.80. The van der Waals surface area contributed by atoms with Gasteiger partial charge in [-0.15, -0.1) is 0 Å². The van der Waals surface area contributed by atoms with E-state index in [1.165, 1.54) is 0 Å². The third kappa shape index (κ3) is 5.26. The van der Waals surface area contributed by atoms with Gasteiger partial charge in [0.05, 0.1) is 17.3 Å².